The molecule has 8 heteroatoms. The Hall–Kier alpha value is -3.39. The zero-order valence-corrected chi connectivity index (χ0v) is 19.3. The van der Waals surface area contributed by atoms with Gasteiger partial charge in [0.2, 0.25) is 11.8 Å². The van der Waals surface area contributed by atoms with E-state index < -0.39 is 9.84 Å². The predicted octanol–water partition coefficient (Wildman–Crippen LogP) is 4.03. The molecule has 2 heterocycles. The maximum Gasteiger partial charge on any atom is 0.230 e. The van der Waals surface area contributed by atoms with Gasteiger partial charge in [0.1, 0.15) is 0 Å². The third kappa shape index (κ3) is 4.06. The molecule has 0 aromatic heterocycles. The molecule has 2 aromatic carbocycles. The van der Waals surface area contributed by atoms with Crippen molar-refractivity contribution in [3.8, 4) is 11.1 Å². The number of anilines is 3. The lowest BCUT2D eigenvalue weighted by Gasteiger charge is -2.41. The van der Waals surface area contributed by atoms with Gasteiger partial charge in [-0.3, -0.25) is 9.59 Å². The number of rotatable bonds is 3. The Labute approximate surface area is 193 Å². The van der Waals surface area contributed by atoms with Crippen molar-refractivity contribution in [3.05, 3.63) is 65.7 Å². The van der Waals surface area contributed by atoms with E-state index in [1.165, 1.54) is 12.4 Å². The van der Waals surface area contributed by atoms with E-state index in [-0.39, 0.29) is 23.8 Å². The highest BCUT2D eigenvalue weighted by atomic mass is 32.2. The highest BCUT2D eigenvalue weighted by Crippen LogP contribution is 2.42. The van der Waals surface area contributed by atoms with Crippen LogP contribution in [0.5, 0.6) is 0 Å². The van der Waals surface area contributed by atoms with Gasteiger partial charge in [-0.05, 0) is 55.2 Å². The van der Waals surface area contributed by atoms with E-state index >= 15 is 0 Å². The molecule has 5 rings (SSSR count). The molecule has 3 aliphatic rings. The second-order valence-electron chi connectivity index (χ2n) is 8.78. The van der Waals surface area contributed by atoms with Gasteiger partial charge in [0.25, 0.3) is 0 Å². The number of carbonyl (C=O) groups is 2. The summed E-state index contributed by atoms with van der Waals surface area (Å²) in [6, 6.07) is 13.5. The minimum atomic E-state index is -3.28. The highest BCUT2D eigenvalue weighted by molar-refractivity contribution is 7.97. The van der Waals surface area contributed by atoms with Gasteiger partial charge in [0, 0.05) is 37.5 Å². The van der Waals surface area contributed by atoms with E-state index in [9.17, 15) is 18.0 Å². The van der Waals surface area contributed by atoms with Crippen LogP contribution in [0.1, 0.15) is 26.7 Å². The summed E-state index contributed by atoms with van der Waals surface area (Å²) in [7, 11) is -3.28. The fraction of sp³-hybridized carbons (Fsp3) is 0.280. The molecule has 0 saturated heterocycles. The average Bonchev–Trinajstić information content (AvgIpc) is 3.63. The van der Waals surface area contributed by atoms with Gasteiger partial charge in [0.05, 0.1) is 28.2 Å². The van der Waals surface area contributed by atoms with Crippen molar-refractivity contribution in [2.75, 3.05) is 21.2 Å². The molecule has 1 aliphatic carbocycles. The molecule has 2 aromatic rings. The van der Waals surface area contributed by atoms with Gasteiger partial charge in [0.15, 0.2) is 9.84 Å². The molecule has 0 N–H and O–H groups in total. The molecular formula is C25H25N3O4S. The number of hydrogen-bond donors (Lipinski definition) is 0. The molecule has 0 spiro atoms. The van der Waals surface area contributed by atoms with E-state index in [0.717, 1.165) is 51.8 Å². The van der Waals surface area contributed by atoms with Crippen LogP contribution >= 0.6 is 0 Å². The van der Waals surface area contributed by atoms with Crippen LogP contribution in [0.3, 0.4) is 0 Å². The van der Waals surface area contributed by atoms with Crippen molar-refractivity contribution in [2.24, 2.45) is 5.92 Å². The van der Waals surface area contributed by atoms with Crippen LogP contribution in [0.2, 0.25) is 0 Å². The molecule has 2 amide bonds. The van der Waals surface area contributed by atoms with Crippen LogP contribution in [-0.4, -0.2) is 32.8 Å². The number of sulfone groups is 1. The second kappa shape index (κ2) is 7.88. The summed E-state index contributed by atoms with van der Waals surface area (Å²) in [6.45, 7) is 4.01. The maximum atomic E-state index is 13.0. The average molecular weight is 464 g/mol. The largest absolute Gasteiger partial charge is 0.322 e. The number of nitrogens with zero attached hydrogens (tertiary/aromatic N) is 3. The number of hydrogen-bond acceptors (Lipinski definition) is 5. The summed E-state index contributed by atoms with van der Waals surface area (Å²) in [4.78, 5) is 30.7. The lowest BCUT2D eigenvalue weighted by molar-refractivity contribution is -0.120. The van der Waals surface area contributed by atoms with E-state index in [1.807, 2.05) is 54.3 Å². The van der Waals surface area contributed by atoms with E-state index in [1.54, 1.807) is 16.7 Å². The lowest BCUT2D eigenvalue weighted by Crippen LogP contribution is -2.51. The van der Waals surface area contributed by atoms with Gasteiger partial charge < -0.3 is 14.7 Å². The Morgan fingerprint density at radius 3 is 2.15 bits per heavy atom. The molecule has 0 radical (unpaired) electrons. The minimum absolute atomic E-state index is 0.0379. The fourth-order valence-electron chi connectivity index (χ4n) is 4.44. The zero-order valence-electron chi connectivity index (χ0n) is 18.5. The van der Waals surface area contributed by atoms with Crippen molar-refractivity contribution >= 4 is 38.7 Å². The Bertz CT molecular complexity index is 1270. The number of benzene rings is 2. The number of carbonyl (C=O) groups excluding carboxylic acids is 2. The molecule has 2 aliphatic heterocycles. The van der Waals surface area contributed by atoms with Gasteiger partial charge in [-0.15, -0.1) is 0 Å². The summed E-state index contributed by atoms with van der Waals surface area (Å²) in [5, 5.41) is 2.33. The first-order valence-corrected chi connectivity index (χ1v) is 12.6. The number of fused-ring (bicyclic) bond motifs is 1. The number of amides is 2. The smallest absolute Gasteiger partial charge is 0.230 e. The van der Waals surface area contributed by atoms with Crippen LogP contribution < -0.4 is 14.7 Å². The quantitative estimate of drug-likeness (QED) is 0.687. The maximum absolute atomic E-state index is 13.0. The van der Waals surface area contributed by atoms with Crippen molar-refractivity contribution in [2.45, 2.75) is 32.7 Å². The Balaban J connectivity index is 1.49. The minimum Gasteiger partial charge on any atom is -0.322 e. The van der Waals surface area contributed by atoms with Gasteiger partial charge >= 0.3 is 0 Å². The van der Waals surface area contributed by atoms with Crippen molar-refractivity contribution in [1.29, 1.82) is 0 Å². The molecule has 0 unspecified atom stereocenters. The van der Waals surface area contributed by atoms with Crippen molar-refractivity contribution < 1.29 is 18.0 Å². The molecule has 170 valence electrons. The normalized spacial score (nSPS) is 21.2. The van der Waals surface area contributed by atoms with Crippen LogP contribution in [-0.2, 0) is 19.4 Å². The Kier molecular flexibility index (Phi) is 5.12. The van der Waals surface area contributed by atoms with E-state index in [4.69, 9.17) is 0 Å². The van der Waals surface area contributed by atoms with Crippen LogP contribution in [0.15, 0.2) is 65.7 Å². The van der Waals surface area contributed by atoms with Crippen molar-refractivity contribution in [1.82, 2.24) is 0 Å². The molecule has 1 atom stereocenters. The fourth-order valence-corrected chi connectivity index (χ4v) is 5.13. The monoisotopic (exact) mass is 463 g/mol. The first kappa shape index (κ1) is 21.5. The standard InChI is InChI=1S/C25H25N3O4S/c1-17-16-27(25(30)20-3-4-20)24-15-21(7-10-23(24)28(17)18(2)29)19-5-8-22(9-6-19)26-11-13-33(31,32)14-12-26/h5-15,17,20H,3-4,16H2,1-2H3/t17-/m0/s1. The summed E-state index contributed by atoms with van der Waals surface area (Å²) >= 11 is 0. The van der Waals surface area contributed by atoms with Gasteiger partial charge in [-0.1, -0.05) is 18.2 Å². The molecule has 1 saturated carbocycles. The van der Waals surface area contributed by atoms with Gasteiger partial charge in [-0.25, -0.2) is 8.42 Å². The zero-order chi connectivity index (χ0) is 23.3. The molecule has 33 heavy (non-hydrogen) atoms. The summed E-state index contributed by atoms with van der Waals surface area (Å²) in [5.41, 5.74) is 4.28. The first-order chi connectivity index (χ1) is 15.7. The highest BCUT2D eigenvalue weighted by Gasteiger charge is 2.39. The first-order valence-electron chi connectivity index (χ1n) is 11.0. The van der Waals surface area contributed by atoms with Gasteiger partial charge in [-0.2, -0.15) is 0 Å². The van der Waals surface area contributed by atoms with Crippen molar-refractivity contribution in [3.63, 3.8) is 0 Å². The molecule has 1 fully saturated rings. The SMILES string of the molecule is CC(=O)N1c2ccc(-c3ccc(N4C=CS(=O)(=O)C=C4)cc3)cc2N(C(=O)C2CC2)C[C@@H]1C. The van der Waals surface area contributed by atoms with E-state index in [2.05, 4.69) is 0 Å². The topological polar surface area (TPSA) is 78.0 Å². The predicted molar refractivity (Wildman–Crippen MR) is 129 cm³/mol. The van der Waals surface area contributed by atoms with E-state index in [0.29, 0.717) is 6.54 Å². The summed E-state index contributed by atoms with van der Waals surface area (Å²) in [5.74, 6) is 0.188. The van der Waals surface area contributed by atoms with Crippen LogP contribution in [0.25, 0.3) is 11.1 Å². The summed E-state index contributed by atoms with van der Waals surface area (Å²) in [6.07, 6.45) is 4.89. The molecule has 0 bridgehead atoms. The Morgan fingerprint density at radius 1 is 0.909 bits per heavy atom. The third-order valence-corrected chi connectivity index (χ3v) is 7.27. The third-order valence-electron chi connectivity index (χ3n) is 6.27. The second-order valence-corrected chi connectivity index (χ2v) is 10.5. The summed E-state index contributed by atoms with van der Waals surface area (Å²) < 4.78 is 23.1. The van der Waals surface area contributed by atoms with Crippen LogP contribution in [0.4, 0.5) is 17.1 Å². The van der Waals surface area contributed by atoms with Crippen LogP contribution in [0, 0.1) is 5.92 Å². The lowest BCUT2D eigenvalue weighted by atomic mass is 10.00. The molecule has 7 nitrogen and oxygen atoms in total. The Morgan fingerprint density at radius 2 is 1.55 bits per heavy atom. The molecular weight excluding hydrogens is 438 g/mol.